The molecule has 2 aliphatic heterocycles. The number of benzene rings is 2. The average molecular weight is 424 g/mol. The minimum absolute atomic E-state index is 0.0186. The summed E-state index contributed by atoms with van der Waals surface area (Å²) in [4.78, 5) is 30.3. The highest BCUT2D eigenvalue weighted by atomic mass is 16.5. The van der Waals surface area contributed by atoms with E-state index < -0.39 is 0 Å². The van der Waals surface area contributed by atoms with Gasteiger partial charge in [0.15, 0.2) is 12.4 Å². The van der Waals surface area contributed by atoms with Gasteiger partial charge in [0.1, 0.15) is 18.8 Å². The molecule has 2 heterocycles. The molecule has 6 heteroatoms. The molecule has 0 aromatic heterocycles. The number of ketones is 1. The minimum Gasteiger partial charge on any atom is -0.484 e. The first-order valence-corrected chi connectivity index (χ1v) is 11.5. The zero-order valence-electron chi connectivity index (χ0n) is 18.1. The molecular formula is C25H33N3O3+2. The van der Waals surface area contributed by atoms with Crippen LogP contribution in [0.5, 0.6) is 5.75 Å². The lowest BCUT2D eigenvalue weighted by Gasteiger charge is -2.32. The van der Waals surface area contributed by atoms with Gasteiger partial charge in [-0.2, -0.15) is 0 Å². The van der Waals surface area contributed by atoms with Crippen molar-refractivity contribution in [1.82, 2.24) is 4.90 Å². The van der Waals surface area contributed by atoms with Crippen LogP contribution in [0.2, 0.25) is 0 Å². The second-order valence-electron chi connectivity index (χ2n) is 8.60. The highest BCUT2D eigenvalue weighted by Gasteiger charge is 2.25. The van der Waals surface area contributed by atoms with Gasteiger partial charge in [-0.3, -0.25) is 9.59 Å². The molecule has 0 saturated carbocycles. The maximum atomic E-state index is 12.5. The third-order valence-corrected chi connectivity index (χ3v) is 6.48. The van der Waals surface area contributed by atoms with Crippen molar-refractivity contribution in [3.05, 3.63) is 65.7 Å². The minimum atomic E-state index is -0.0186. The number of amides is 1. The van der Waals surface area contributed by atoms with Crippen LogP contribution in [-0.4, -0.2) is 75.6 Å². The molecular weight excluding hydrogens is 390 g/mol. The molecule has 2 saturated heterocycles. The third-order valence-electron chi connectivity index (χ3n) is 6.48. The van der Waals surface area contributed by atoms with Crippen molar-refractivity contribution in [2.45, 2.75) is 12.8 Å². The van der Waals surface area contributed by atoms with Crippen LogP contribution in [0.25, 0.3) is 0 Å². The van der Waals surface area contributed by atoms with Crippen molar-refractivity contribution >= 4 is 11.7 Å². The number of nitrogens with zero attached hydrogens (tertiary/aromatic N) is 1. The molecule has 1 amide bonds. The van der Waals surface area contributed by atoms with E-state index in [2.05, 4.69) is 0 Å². The average Bonchev–Trinajstić information content (AvgIpc) is 3.36. The number of carbonyl (C=O) groups excluding carboxylic acids is 2. The molecule has 2 aliphatic rings. The van der Waals surface area contributed by atoms with Crippen molar-refractivity contribution in [3.63, 3.8) is 0 Å². The van der Waals surface area contributed by atoms with E-state index >= 15 is 0 Å². The lowest BCUT2D eigenvalue weighted by molar-refractivity contribution is -0.954. The Morgan fingerprint density at radius 1 is 0.774 bits per heavy atom. The van der Waals surface area contributed by atoms with Crippen molar-refractivity contribution in [1.29, 1.82) is 0 Å². The fourth-order valence-electron chi connectivity index (χ4n) is 4.50. The summed E-state index contributed by atoms with van der Waals surface area (Å²) in [5.74, 6) is 0.624. The summed E-state index contributed by atoms with van der Waals surface area (Å²) in [6, 6.07) is 16.2. The third kappa shape index (κ3) is 5.93. The highest BCUT2D eigenvalue weighted by Crippen LogP contribution is 2.15. The molecule has 4 rings (SSSR count). The van der Waals surface area contributed by atoms with Gasteiger partial charge >= 0.3 is 0 Å². The predicted octanol–water partition coefficient (Wildman–Crippen LogP) is -0.298. The molecule has 0 radical (unpaired) electrons. The van der Waals surface area contributed by atoms with E-state index in [0.717, 1.165) is 26.2 Å². The zero-order valence-corrected chi connectivity index (χ0v) is 18.1. The number of piperazine rings is 1. The van der Waals surface area contributed by atoms with E-state index in [1.165, 1.54) is 39.0 Å². The number of hydrogen-bond acceptors (Lipinski definition) is 3. The van der Waals surface area contributed by atoms with E-state index in [9.17, 15) is 9.59 Å². The largest absolute Gasteiger partial charge is 0.484 e. The lowest BCUT2D eigenvalue weighted by atomic mass is 10.0. The van der Waals surface area contributed by atoms with Crippen LogP contribution in [0.1, 0.15) is 28.8 Å². The number of likely N-dealkylation sites (tertiary alicyclic amines) is 1. The maximum Gasteiger partial charge on any atom is 0.260 e. The Hall–Kier alpha value is -2.70. The van der Waals surface area contributed by atoms with Gasteiger partial charge in [-0.25, -0.2) is 0 Å². The molecule has 2 fully saturated rings. The van der Waals surface area contributed by atoms with Crippen molar-refractivity contribution in [2.24, 2.45) is 0 Å². The number of nitrogens with one attached hydrogen (secondary N) is 2. The van der Waals surface area contributed by atoms with Gasteiger partial charge < -0.3 is 19.4 Å². The SMILES string of the molecule is O=C(c1ccccc1)c1ccc(OCC(=O)N2CC[NH+](CC[NH+]3CCCC3)CC2)cc1. The number of quaternary nitrogens is 2. The first-order valence-electron chi connectivity index (χ1n) is 11.5. The van der Waals surface area contributed by atoms with Gasteiger partial charge in [0.05, 0.1) is 39.3 Å². The topological polar surface area (TPSA) is 55.5 Å². The Morgan fingerprint density at radius 3 is 2.00 bits per heavy atom. The van der Waals surface area contributed by atoms with E-state index in [-0.39, 0.29) is 18.3 Å². The highest BCUT2D eigenvalue weighted by molar-refractivity contribution is 6.08. The monoisotopic (exact) mass is 423 g/mol. The van der Waals surface area contributed by atoms with Gasteiger partial charge in [0, 0.05) is 24.0 Å². The van der Waals surface area contributed by atoms with Crippen LogP contribution in [-0.2, 0) is 4.79 Å². The Labute approximate surface area is 184 Å². The normalized spacial score (nSPS) is 17.6. The Balaban J connectivity index is 1.19. The van der Waals surface area contributed by atoms with Crippen LogP contribution in [0.4, 0.5) is 0 Å². The Morgan fingerprint density at radius 2 is 1.35 bits per heavy atom. The Bertz CT molecular complexity index is 855. The van der Waals surface area contributed by atoms with Gasteiger partial charge in [0.2, 0.25) is 0 Å². The fourth-order valence-corrected chi connectivity index (χ4v) is 4.50. The standard InChI is InChI=1S/C25H31N3O3/c29-24(28-18-16-27(17-19-28)15-14-26-12-4-5-13-26)20-31-23-10-8-22(9-11-23)25(30)21-6-2-1-3-7-21/h1-3,6-11H,4-5,12-20H2/p+2. The molecule has 164 valence electrons. The molecule has 0 atom stereocenters. The van der Waals surface area contributed by atoms with Crippen LogP contribution in [0.3, 0.4) is 0 Å². The molecule has 2 aromatic carbocycles. The van der Waals surface area contributed by atoms with E-state index in [1.807, 2.05) is 23.1 Å². The molecule has 0 spiro atoms. The number of hydrogen-bond donors (Lipinski definition) is 2. The summed E-state index contributed by atoms with van der Waals surface area (Å²) in [5.41, 5.74) is 1.27. The van der Waals surface area contributed by atoms with E-state index in [0.29, 0.717) is 16.9 Å². The summed E-state index contributed by atoms with van der Waals surface area (Å²) in [6.45, 7) is 8.82. The number of carbonyl (C=O) groups is 2. The molecule has 2 aromatic rings. The molecule has 0 bridgehead atoms. The summed E-state index contributed by atoms with van der Waals surface area (Å²) in [7, 11) is 0. The first kappa shape index (κ1) is 21.5. The quantitative estimate of drug-likeness (QED) is 0.574. The van der Waals surface area contributed by atoms with E-state index in [1.54, 1.807) is 46.2 Å². The summed E-state index contributed by atoms with van der Waals surface area (Å²) < 4.78 is 5.69. The van der Waals surface area contributed by atoms with Gasteiger partial charge in [-0.1, -0.05) is 30.3 Å². The van der Waals surface area contributed by atoms with Gasteiger partial charge in [-0.05, 0) is 24.3 Å². The van der Waals surface area contributed by atoms with Gasteiger partial charge in [-0.15, -0.1) is 0 Å². The van der Waals surface area contributed by atoms with Crippen LogP contribution >= 0.6 is 0 Å². The predicted molar refractivity (Wildman–Crippen MR) is 119 cm³/mol. The van der Waals surface area contributed by atoms with Crippen molar-refractivity contribution in [2.75, 3.05) is 59.0 Å². The van der Waals surface area contributed by atoms with Crippen LogP contribution in [0, 0.1) is 0 Å². The number of ether oxygens (including phenoxy) is 1. The summed E-state index contributed by atoms with van der Waals surface area (Å²) in [5, 5.41) is 0. The molecule has 2 N–H and O–H groups in total. The van der Waals surface area contributed by atoms with Gasteiger partial charge in [0.25, 0.3) is 5.91 Å². The second-order valence-corrected chi connectivity index (χ2v) is 8.60. The lowest BCUT2D eigenvalue weighted by Crippen LogP contribution is -3.21. The first-order chi connectivity index (χ1) is 15.2. The molecule has 0 aliphatic carbocycles. The van der Waals surface area contributed by atoms with Crippen LogP contribution in [0.15, 0.2) is 54.6 Å². The number of rotatable bonds is 8. The zero-order chi connectivity index (χ0) is 21.5. The molecule has 6 nitrogen and oxygen atoms in total. The van der Waals surface area contributed by atoms with Crippen molar-refractivity contribution < 1.29 is 24.1 Å². The van der Waals surface area contributed by atoms with Crippen LogP contribution < -0.4 is 14.5 Å². The molecule has 0 unspecified atom stereocenters. The fraction of sp³-hybridized carbons (Fsp3) is 0.440. The molecule has 31 heavy (non-hydrogen) atoms. The Kier molecular flexibility index (Phi) is 7.33. The summed E-state index contributed by atoms with van der Waals surface area (Å²) >= 11 is 0. The second kappa shape index (κ2) is 10.6. The van der Waals surface area contributed by atoms with Crippen molar-refractivity contribution in [3.8, 4) is 5.75 Å². The van der Waals surface area contributed by atoms with E-state index in [4.69, 9.17) is 4.74 Å². The summed E-state index contributed by atoms with van der Waals surface area (Å²) in [6.07, 6.45) is 2.75. The maximum absolute atomic E-state index is 12.5. The smallest absolute Gasteiger partial charge is 0.260 e.